The average Bonchev–Trinajstić information content (AvgIpc) is 2.43. The van der Waals surface area contributed by atoms with E-state index in [0.717, 1.165) is 17.0 Å². The predicted molar refractivity (Wildman–Crippen MR) is 72.7 cm³/mol. The van der Waals surface area contributed by atoms with Gasteiger partial charge in [-0.15, -0.1) is 0 Å². The molecule has 4 heteroatoms. The van der Waals surface area contributed by atoms with E-state index in [0.29, 0.717) is 6.61 Å². The number of halogens is 1. The van der Waals surface area contributed by atoms with Crippen LogP contribution in [-0.2, 0) is 0 Å². The van der Waals surface area contributed by atoms with Crippen LogP contribution >= 0.6 is 0 Å². The van der Waals surface area contributed by atoms with Crippen molar-refractivity contribution in [2.75, 3.05) is 13.7 Å². The lowest BCUT2D eigenvalue weighted by Gasteiger charge is -2.17. The van der Waals surface area contributed by atoms with Crippen molar-refractivity contribution < 1.29 is 9.13 Å². The minimum absolute atomic E-state index is 0.0824. The largest absolute Gasteiger partial charge is 0.494 e. The zero-order valence-corrected chi connectivity index (χ0v) is 11.1. The van der Waals surface area contributed by atoms with E-state index in [9.17, 15) is 4.39 Å². The third-order valence-electron chi connectivity index (χ3n) is 2.84. The topological polar surface area (TPSA) is 34.1 Å². The Morgan fingerprint density at radius 3 is 2.79 bits per heavy atom. The molecule has 3 nitrogen and oxygen atoms in total. The summed E-state index contributed by atoms with van der Waals surface area (Å²) in [6, 6.07) is 10.8. The molecule has 0 spiro atoms. The van der Waals surface area contributed by atoms with E-state index in [-0.39, 0.29) is 11.9 Å². The van der Waals surface area contributed by atoms with Crippen molar-refractivity contribution in [3.63, 3.8) is 0 Å². The number of aromatic nitrogens is 1. The maximum absolute atomic E-state index is 12.9. The molecule has 1 unspecified atom stereocenters. The second kappa shape index (κ2) is 6.29. The lowest BCUT2D eigenvalue weighted by molar-refractivity contribution is 0.339. The predicted octanol–water partition coefficient (Wildman–Crippen LogP) is 2.93. The van der Waals surface area contributed by atoms with E-state index in [1.54, 1.807) is 6.07 Å². The van der Waals surface area contributed by atoms with Gasteiger partial charge in [-0.2, -0.15) is 0 Å². The number of hydrogen-bond acceptors (Lipinski definition) is 3. The van der Waals surface area contributed by atoms with Crippen LogP contribution in [0, 0.1) is 5.82 Å². The average molecular weight is 260 g/mol. The number of nitrogens with one attached hydrogen (secondary N) is 1. The lowest BCUT2D eigenvalue weighted by Crippen LogP contribution is -2.19. The van der Waals surface area contributed by atoms with E-state index in [1.165, 1.54) is 12.3 Å². The quantitative estimate of drug-likeness (QED) is 0.897. The van der Waals surface area contributed by atoms with Gasteiger partial charge >= 0.3 is 0 Å². The third-order valence-corrected chi connectivity index (χ3v) is 2.84. The Labute approximate surface area is 112 Å². The summed E-state index contributed by atoms with van der Waals surface area (Å²) in [5.41, 5.74) is 1.81. The van der Waals surface area contributed by atoms with Gasteiger partial charge in [0.25, 0.3) is 0 Å². The summed E-state index contributed by atoms with van der Waals surface area (Å²) in [5, 5.41) is 3.18. The van der Waals surface area contributed by atoms with Crippen LogP contribution < -0.4 is 10.1 Å². The second-order valence-electron chi connectivity index (χ2n) is 4.13. The van der Waals surface area contributed by atoms with E-state index in [1.807, 2.05) is 38.2 Å². The zero-order chi connectivity index (χ0) is 13.7. The standard InChI is InChI=1S/C15H17FN2O/c1-3-19-13-6-4-5-11(9-13)15(17-2)14-8-7-12(16)10-18-14/h4-10,15,17H,3H2,1-2H3. The van der Waals surface area contributed by atoms with E-state index >= 15 is 0 Å². The van der Waals surface area contributed by atoms with Crippen LogP contribution in [0.1, 0.15) is 24.2 Å². The number of ether oxygens (including phenoxy) is 1. The molecule has 2 aromatic rings. The van der Waals surface area contributed by atoms with Gasteiger partial charge < -0.3 is 10.1 Å². The van der Waals surface area contributed by atoms with Gasteiger partial charge in [-0.3, -0.25) is 4.98 Å². The first-order chi connectivity index (χ1) is 9.24. The molecule has 0 saturated carbocycles. The Balaban J connectivity index is 2.30. The highest BCUT2D eigenvalue weighted by Gasteiger charge is 2.14. The Hall–Kier alpha value is -1.94. The molecule has 19 heavy (non-hydrogen) atoms. The van der Waals surface area contributed by atoms with Gasteiger partial charge in [0.2, 0.25) is 0 Å². The molecule has 1 atom stereocenters. The summed E-state index contributed by atoms with van der Waals surface area (Å²) in [6.07, 6.45) is 1.23. The molecule has 0 aliphatic carbocycles. The van der Waals surface area contributed by atoms with E-state index in [4.69, 9.17) is 4.74 Å². The first-order valence-corrected chi connectivity index (χ1v) is 6.26. The highest BCUT2D eigenvalue weighted by Crippen LogP contribution is 2.23. The summed E-state index contributed by atoms with van der Waals surface area (Å²) < 4.78 is 18.4. The van der Waals surface area contributed by atoms with Crippen LogP contribution in [0.25, 0.3) is 0 Å². The van der Waals surface area contributed by atoms with Crippen LogP contribution in [-0.4, -0.2) is 18.6 Å². The molecule has 1 N–H and O–H groups in total. The normalized spacial score (nSPS) is 12.2. The summed E-state index contributed by atoms with van der Waals surface area (Å²) in [4.78, 5) is 4.12. The highest BCUT2D eigenvalue weighted by molar-refractivity contribution is 5.34. The van der Waals surface area contributed by atoms with Crippen molar-refractivity contribution in [3.8, 4) is 5.75 Å². The summed E-state index contributed by atoms with van der Waals surface area (Å²) in [6.45, 7) is 2.58. The van der Waals surface area contributed by atoms with Crippen LogP contribution in [0.15, 0.2) is 42.6 Å². The van der Waals surface area contributed by atoms with Crippen molar-refractivity contribution >= 4 is 0 Å². The maximum Gasteiger partial charge on any atom is 0.141 e. The molecule has 0 aliphatic heterocycles. The van der Waals surface area contributed by atoms with Gasteiger partial charge in [-0.25, -0.2) is 4.39 Å². The number of hydrogen-bond donors (Lipinski definition) is 1. The van der Waals surface area contributed by atoms with Crippen LogP contribution in [0.5, 0.6) is 5.75 Å². The molecular formula is C15H17FN2O. The molecule has 100 valence electrons. The smallest absolute Gasteiger partial charge is 0.141 e. The van der Waals surface area contributed by atoms with Crippen LogP contribution in [0.2, 0.25) is 0 Å². The van der Waals surface area contributed by atoms with Gasteiger partial charge in [-0.05, 0) is 43.8 Å². The highest BCUT2D eigenvalue weighted by atomic mass is 19.1. The molecular weight excluding hydrogens is 243 g/mol. The molecule has 0 fully saturated rings. The zero-order valence-electron chi connectivity index (χ0n) is 11.1. The maximum atomic E-state index is 12.9. The Bertz CT molecular complexity index is 528. The van der Waals surface area contributed by atoms with E-state index in [2.05, 4.69) is 10.3 Å². The summed E-state index contributed by atoms with van der Waals surface area (Å²) >= 11 is 0. The van der Waals surface area contributed by atoms with Crippen LogP contribution in [0.3, 0.4) is 0 Å². The first kappa shape index (κ1) is 13.5. The number of benzene rings is 1. The fourth-order valence-corrected chi connectivity index (χ4v) is 1.99. The van der Waals surface area contributed by atoms with Crippen molar-refractivity contribution in [2.45, 2.75) is 13.0 Å². The van der Waals surface area contributed by atoms with E-state index < -0.39 is 0 Å². The summed E-state index contributed by atoms with van der Waals surface area (Å²) in [5.74, 6) is 0.490. The van der Waals surface area contributed by atoms with Gasteiger partial charge in [0.05, 0.1) is 24.5 Å². The number of rotatable bonds is 5. The molecule has 0 amide bonds. The minimum Gasteiger partial charge on any atom is -0.494 e. The molecule has 0 bridgehead atoms. The number of pyridine rings is 1. The molecule has 2 rings (SSSR count). The Morgan fingerprint density at radius 1 is 1.32 bits per heavy atom. The Morgan fingerprint density at radius 2 is 2.16 bits per heavy atom. The van der Waals surface area contributed by atoms with Crippen LogP contribution in [0.4, 0.5) is 4.39 Å². The fraction of sp³-hybridized carbons (Fsp3) is 0.267. The van der Waals surface area contributed by atoms with Crippen molar-refractivity contribution in [1.29, 1.82) is 0 Å². The molecule has 0 saturated heterocycles. The molecule has 0 radical (unpaired) electrons. The molecule has 1 heterocycles. The fourth-order valence-electron chi connectivity index (χ4n) is 1.99. The molecule has 0 aliphatic rings. The summed E-state index contributed by atoms with van der Waals surface area (Å²) in [7, 11) is 1.85. The van der Waals surface area contributed by atoms with Gasteiger partial charge in [-0.1, -0.05) is 12.1 Å². The van der Waals surface area contributed by atoms with Crippen molar-refractivity contribution in [1.82, 2.24) is 10.3 Å². The lowest BCUT2D eigenvalue weighted by atomic mass is 10.0. The van der Waals surface area contributed by atoms with Gasteiger partial charge in [0, 0.05) is 0 Å². The van der Waals surface area contributed by atoms with Crippen molar-refractivity contribution in [2.24, 2.45) is 0 Å². The molecule has 1 aromatic carbocycles. The van der Waals surface area contributed by atoms with Crippen molar-refractivity contribution in [3.05, 3.63) is 59.7 Å². The third kappa shape index (κ3) is 3.29. The second-order valence-corrected chi connectivity index (χ2v) is 4.13. The molecule has 1 aromatic heterocycles. The van der Waals surface area contributed by atoms with Gasteiger partial charge in [0.15, 0.2) is 0 Å². The SMILES string of the molecule is CCOc1cccc(C(NC)c2ccc(F)cn2)c1. The first-order valence-electron chi connectivity index (χ1n) is 6.26. The minimum atomic E-state index is -0.332. The van der Waals surface area contributed by atoms with Gasteiger partial charge in [0.1, 0.15) is 11.6 Å². The number of nitrogens with zero attached hydrogens (tertiary/aromatic N) is 1. The Kier molecular flexibility index (Phi) is 4.47. The monoisotopic (exact) mass is 260 g/mol.